The van der Waals surface area contributed by atoms with E-state index in [9.17, 15) is 9.50 Å². The maximum atomic E-state index is 13.0. The van der Waals surface area contributed by atoms with E-state index in [1.165, 1.54) is 12.1 Å². The molecule has 0 amide bonds. The second-order valence-electron chi connectivity index (χ2n) is 5.34. The summed E-state index contributed by atoms with van der Waals surface area (Å²) in [5, 5.41) is 9.55. The van der Waals surface area contributed by atoms with Gasteiger partial charge in [0.25, 0.3) is 0 Å². The Morgan fingerprint density at radius 2 is 2.16 bits per heavy atom. The lowest BCUT2D eigenvalue weighted by Crippen LogP contribution is -2.37. The molecule has 1 saturated heterocycles. The number of hydrogen-bond donors (Lipinski definition) is 1. The minimum absolute atomic E-state index is 0.190. The Bertz CT molecular complexity index is 423. The molecule has 3 heteroatoms. The molecule has 1 fully saturated rings. The average molecular weight is 263 g/mol. The van der Waals surface area contributed by atoms with Gasteiger partial charge in [-0.15, -0.1) is 0 Å². The zero-order valence-corrected chi connectivity index (χ0v) is 11.4. The zero-order chi connectivity index (χ0) is 13.7. The molecule has 1 heterocycles. The third-order valence-electron chi connectivity index (χ3n) is 3.84. The van der Waals surface area contributed by atoms with Crippen LogP contribution in [0.15, 0.2) is 30.3 Å². The van der Waals surface area contributed by atoms with Crippen LogP contribution in [0.5, 0.6) is 0 Å². The first kappa shape index (κ1) is 14.2. The van der Waals surface area contributed by atoms with Gasteiger partial charge in [-0.05, 0) is 56.5 Å². The van der Waals surface area contributed by atoms with Crippen LogP contribution < -0.4 is 0 Å². The third kappa shape index (κ3) is 4.44. The van der Waals surface area contributed by atoms with Crippen molar-refractivity contribution in [1.29, 1.82) is 0 Å². The molecular formula is C16H22FNO. The van der Waals surface area contributed by atoms with Crippen molar-refractivity contribution in [2.24, 2.45) is 5.92 Å². The summed E-state index contributed by atoms with van der Waals surface area (Å²) in [6, 6.07) is 6.62. The van der Waals surface area contributed by atoms with Gasteiger partial charge in [0.1, 0.15) is 5.82 Å². The Morgan fingerprint density at radius 3 is 2.79 bits per heavy atom. The van der Waals surface area contributed by atoms with Gasteiger partial charge in [-0.3, -0.25) is 4.90 Å². The fraction of sp³-hybridized carbons (Fsp3) is 0.500. The molecule has 2 rings (SSSR count). The Kier molecular flexibility index (Phi) is 5.11. The van der Waals surface area contributed by atoms with Crippen LogP contribution >= 0.6 is 0 Å². The standard InChI is InChI=1S/C16H22FNO/c1-13(19)15-7-10-18(11-8-15)9-3-5-14-4-2-6-16(17)12-14/h2-6,12-13,15,19H,7-11H2,1H3/b5-3+/t13-/m0/s1. The van der Waals surface area contributed by atoms with E-state index in [0.29, 0.717) is 5.92 Å². The predicted molar refractivity (Wildman–Crippen MR) is 76.3 cm³/mol. The summed E-state index contributed by atoms with van der Waals surface area (Å²) in [5.41, 5.74) is 0.902. The van der Waals surface area contributed by atoms with Crippen LogP contribution in [0.25, 0.3) is 6.08 Å². The Hall–Kier alpha value is -1.19. The third-order valence-corrected chi connectivity index (χ3v) is 3.84. The highest BCUT2D eigenvalue weighted by atomic mass is 19.1. The highest BCUT2D eigenvalue weighted by Crippen LogP contribution is 2.20. The van der Waals surface area contributed by atoms with E-state index in [2.05, 4.69) is 11.0 Å². The normalized spacial score (nSPS) is 19.9. The lowest BCUT2D eigenvalue weighted by atomic mass is 9.92. The molecule has 104 valence electrons. The minimum Gasteiger partial charge on any atom is -0.393 e. The van der Waals surface area contributed by atoms with E-state index in [-0.39, 0.29) is 11.9 Å². The molecule has 1 aromatic carbocycles. The van der Waals surface area contributed by atoms with Crippen molar-refractivity contribution < 1.29 is 9.50 Å². The lowest BCUT2D eigenvalue weighted by molar-refractivity contribution is 0.0756. The number of halogens is 1. The molecule has 1 atom stereocenters. The molecule has 0 unspecified atom stereocenters. The van der Waals surface area contributed by atoms with E-state index in [1.807, 2.05) is 19.1 Å². The molecule has 0 bridgehead atoms. The van der Waals surface area contributed by atoms with Gasteiger partial charge in [-0.1, -0.05) is 24.3 Å². The van der Waals surface area contributed by atoms with E-state index in [0.717, 1.165) is 38.0 Å². The molecule has 19 heavy (non-hydrogen) atoms. The lowest BCUT2D eigenvalue weighted by Gasteiger charge is -2.32. The second kappa shape index (κ2) is 6.83. The van der Waals surface area contributed by atoms with Crippen LogP contribution in [0.4, 0.5) is 4.39 Å². The maximum absolute atomic E-state index is 13.0. The molecule has 1 aliphatic rings. The van der Waals surface area contributed by atoms with Crippen molar-refractivity contribution in [3.05, 3.63) is 41.7 Å². The molecule has 1 aromatic rings. The molecule has 0 spiro atoms. The number of likely N-dealkylation sites (tertiary alicyclic amines) is 1. The number of nitrogens with zero attached hydrogens (tertiary/aromatic N) is 1. The van der Waals surface area contributed by atoms with Gasteiger partial charge in [0.15, 0.2) is 0 Å². The topological polar surface area (TPSA) is 23.5 Å². The van der Waals surface area contributed by atoms with Gasteiger partial charge in [0.05, 0.1) is 6.10 Å². The first-order valence-corrected chi connectivity index (χ1v) is 6.97. The molecule has 1 aliphatic heterocycles. The van der Waals surface area contributed by atoms with Crippen LogP contribution in [-0.4, -0.2) is 35.7 Å². The van der Waals surface area contributed by atoms with Crippen molar-refractivity contribution in [3.63, 3.8) is 0 Å². The number of aliphatic hydroxyl groups excluding tert-OH is 1. The molecular weight excluding hydrogens is 241 g/mol. The molecule has 0 aliphatic carbocycles. The largest absolute Gasteiger partial charge is 0.393 e. The first-order valence-electron chi connectivity index (χ1n) is 6.97. The van der Waals surface area contributed by atoms with Crippen LogP contribution in [-0.2, 0) is 0 Å². The Morgan fingerprint density at radius 1 is 1.42 bits per heavy atom. The zero-order valence-electron chi connectivity index (χ0n) is 11.4. The van der Waals surface area contributed by atoms with Crippen molar-refractivity contribution in [1.82, 2.24) is 4.90 Å². The molecule has 0 saturated carbocycles. The summed E-state index contributed by atoms with van der Waals surface area (Å²) in [6.07, 6.45) is 5.98. The average Bonchev–Trinajstić information content (AvgIpc) is 2.39. The van der Waals surface area contributed by atoms with Crippen molar-refractivity contribution in [3.8, 4) is 0 Å². The predicted octanol–water partition coefficient (Wildman–Crippen LogP) is 2.93. The van der Waals surface area contributed by atoms with Gasteiger partial charge >= 0.3 is 0 Å². The number of aliphatic hydroxyl groups is 1. The van der Waals surface area contributed by atoms with Crippen LogP contribution in [0.1, 0.15) is 25.3 Å². The monoisotopic (exact) mass is 263 g/mol. The Balaban J connectivity index is 1.77. The highest BCUT2D eigenvalue weighted by molar-refractivity contribution is 5.49. The van der Waals surface area contributed by atoms with E-state index < -0.39 is 0 Å². The summed E-state index contributed by atoms with van der Waals surface area (Å²) in [6.45, 7) is 4.83. The van der Waals surface area contributed by atoms with E-state index in [1.54, 1.807) is 6.07 Å². The van der Waals surface area contributed by atoms with Crippen LogP contribution in [0, 0.1) is 11.7 Å². The smallest absolute Gasteiger partial charge is 0.123 e. The summed E-state index contributed by atoms with van der Waals surface area (Å²) >= 11 is 0. The van der Waals surface area contributed by atoms with Crippen LogP contribution in [0.3, 0.4) is 0 Å². The van der Waals surface area contributed by atoms with Gasteiger partial charge < -0.3 is 5.11 Å². The van der Waals surface area contributed by atoms with Gasteiger partial charge in [-0.2, -0.15) is 0 Å². The fourth-order valence-electron chi connectivity index (χ4n) is 2.57. The van der Waals surface area contributed by atoms with Crippen LogP contribution in [0.2, 0.25) is 0 Å². The molecule has 0 radical (unpaired) electrons. The minimum atomic E-state index is -0.195. The van der Waals surface area contributed by atoms with E-state index >= 15 is 0 Å². The summed E-state index contributed by atoms with van der Waals surface area (Å²) in [7, 11) is 0. The number of piperidine rings is 1. The number of benzene rings is 1. The van der Waals surface area contributed by atoms with Gasteiger partial charge in [-0.25, -0.2) is 4.39 Å². The van der Waals surface area contributed by atoms with Gasteiger partial charge in [0, 0.05) is 6.54 Å². The Labute approximate surface area is 114 Å². The number of rotatable bonds is 4. The molecule has 2 nitrogen and oxygen atoms in total. The molecule has 1 N–H and O–H groups in total. The summed E-state index contributed by atoms with van der Waals surface area (Å²) in [4.78, 5) is 2.37. The SMILES string of the molecule is C[C@H](O)C1CCN(C/C=C/c2cccc(F)c2)CC1. The van der Waals surface area contributed by atoms with Gasteiger partial charge in [0.2, 0.25) is 0 Å². The first-order chi connectivity index (χ1) is 9.15. The highest BCUT2D eigenvalue weighted by Gasteiger charge is 2.21. The maximum Gasteiger partial charge on any atom is 0.123 e. The second-order valence-corrected chi connectivity index (χ2v) is 5.34. The van der Waals surface area contributed by atoms with Crippen molar-refractivity contribution in [2.45, 2.75) is 25.9 Å². The number of hydrogen-bond acceptors (Lipinski definition) is 2. The summed E-state index contributed by atoms with van der Waals surface area (Å²) < 4.78 is 13.0. The summed E-state index contributed by atoms with van der Waals surface area (Å²) in [5.74, 6) is 0.253. The molecule has 0 aromatic heterocycles. The van der Waals surface area contributed by atoms with E-state index in [4.69, 9.17) is 0 Å². The van der Waals surface area contributed by atoms with Crippen molar-refractivity contribution >= 4 is 6.08 Å². The quantitative estimate of drug-likeness (QED) is 0.903. The fourth-order valence-corrected chi connectivity index (χ4v) is 2.57. The van der Waals surface area contributed by atoms with Crippen molar-refractivity contribution in [2.75, 3.05) is 19.6 Å².